The number of anilines is 1. The lowest BCUT2D eigenvalue weighted by Crippen LogP contribution is -2.26. The van der Waals surface area contributed by atoms with Gasteiger partial charge in [-0.2, -0.15) is 10.2 Å². The van der Waals surface area contributed by atoms with E-state index >= 15 is 0 Å². The summed E-state index contributed by atoms with van der Waals surface area (Å²) in [4.78, 5) is 23.9. The highest BCUT2D eigenvalue weighted by Crippen LogP contribution is 2.30. The third-order valence-corrected chi connectivity index (χ3v) is 4.10. The summed E-state index contributed by atoms with van der Waals surface area (Å²) in [5.41, 5.74) is 4.93. The van der Waals surface area contributed by atoms with Crippen molar-refractivity contribution in [1.82, 2.24) is 19.6 Å². The van der Waals surface area contributed by atoms with E-state index in [-0.39, 0.29) is 22.1 Å². The number of hydrogen-bond donors (Lipinski definition) is 2. The fraction of sp³-hybridized carbons (Fsp3) is 0.429. The molecule has 0 aliphatic carbocycles. The molecule has 136 valence electrons. The van der Waals surface area contributed by atoms with Gasteiger partial charge in [0.25, 0.3) is 12.3 Å². The van der Waals surface area contributed by atoms with E-state index in [2.05, 4.69) is 15.5 Å². The molecule has 2 rings (SSSR count). The van der Waals surface area contributed by atoms with Crippen molar-refractivity contribution >= 4 is 29.1 Å². The first-order valence-electron chi connectivity index (χ1n) is 7.38. The largest absolute Gasteiger partial charge is 0.364 e. The highest BCUT2D eigenvalue weighted by molar-refractivity contribution is 6.31. The van der Waals surface area contributed by atoms with Crippen LogP contribution < -0.4 is 11.1 Å². The van der Waals surface area contributed by atoms with Crippen molar-refractivity contribution in [2.24, 2.45) is 5.73 Å². The molecule has 0 saturated heterocycles. The second-order valence-electron chi connectivity index (χ2n) is 5.31. The van der Waals surface area contributed by atoms with Gasteiger partial charge in [-0.25, -0.2) is 8.78 Å². The van der Waals surface area contributed by atoms with Crippen LogP contribution in [0.3, 0.4) is 0 Å². The quantitative estimate of drug-likeness (QED) is 0.808. The highest BCUT2D eigenvalue weighted by Gasteiger charge is 2.26. The number of carbonyl (C=O) groups excluding carboxylic acids is 2. The number of amides is 2. The van der Waals surface area contributed by atoms with Gasteiger partial charge in [0.15, 0.2) is 5.69 Å². The van der Waals surface area contributed by atoms with E-state index in [0.29, 0.717) is 6.54 Å². The lowest BCUT2D eigenvalue weighted by molar-refractivity contribution is -0.119. The third-order valence-electron chi connectivity index (χ3n) is 3.63. The number of rotatable bonds is 6. The number of carbonyl (C=O) groups is 2. The molecule has 0 fully saturated rings. The second kappa shape index (κ2) is 7.18. The van der Waals surface area contributed by atoms with Crippen LogP contribution in [0, 0.1) is 6.92 Å². The number of nitrogens with zero attached hydrogens (tertiary/aromatic N) is 4. The molecular weight excluding hydrogens is 358 g/mol. The summed E-state index contributed by atoms with van der Waals surface area (Å²) in [6.45, 7) is 5.22. The molecule has 11 heteroatoms. The standard InChI is InChI=1S/C14H17ClF2N6O2/c1-4-22-5-8(10(20-22)13(18)24)19-14(25)7(3)23-6(2)9(15)11(21-23)12(16)17/h5,7,12H,4H2,1-3H3,(H2,18,24)(H,19,25)/t7-/m1/s1. The summed E-state index contributed by atoms with van der Waals surface area (Å²) in [6.07, 6.45) is -1.40. The van der Waals surface area contributed by atoms with Gasteiger partial charge in [-0.1, -0.05) is 11.6 Å². The molecule has 25 heavy (non-hydrogen) atoms. The lowest BCUT2D eigenvalue weighted by Gasteiger charge is -2.14. The maximum Gasteiger partial charge on any atom is 0.283 e. The zero-order valence-corrected chi connectivity index (χ0v) is 14.5. The average Bonchev–Trinajstić information content (AvgIpc) is 3.09. The van der Waals surface area contributed by atoms with Crippen molar-refractivity contribution < 1.29 is 18.4 Å². The molecule has 2 heterocycles. The molecule has 0 saturated carbocycles. The molecule has 0 aromatic carbocycles. The van der Waals surface area contributed by atoms with Crippen LogP contribution in [0.2, 0.25) is 5.02 Å². The Morgan fingerprint density at radius 2 is 2.04 bits per heavy atom. The molecule has 0 aliphatic rings. The van der Waals surface area contributed by atoms with E-state index in [9.17, 15) is 18.4 Å². The third kappa shape index (κ3) is 3.63. The maximum absolute atomic E-state index is 12.9. The Labute approximate surface area is 146 Å². The number of halogens is 3. The summed E-state index contributed by atoms with van der Waals surface area (Å²) in [7, 11) is 0. The monoisotopic (exact) mass is 374 g/mol. The van der Waals surface area contributed by atoms with Gasteiger partial charge in [-0.3, -0.25) is 19.0 Å². The predicted octanol–water partition coefficient (Wildman–Crippen LogP) is 2.30. The van der Waals surface area contributed by atoms with Crippen LogP contribution in [0.1, 0.15) is 48.2 Å². The number of alkyl halides is 2. The minimum absolute atomic E-state index is 0.0918. The first kappa shape index (κ1) is 18.8. The van der Waals surface area contributed by atoms with Crippen molar-refractivity contribution in [2.45, 2.75) is 39.8 Å². The Morgan fingerprint density at radius 1 is 1.40 bits per heavy atom. The van der Waals surface area contributed by atoms with Crippen molar-refractivity contribution in [3.8, 4) is 0 Å². The van der Waals surface area contributed by atoms with Gasteiger partial charge in [0.2, 0.25) is 5.91 Å². The molecule has 0 radical (unpaired) electrons. The Hall–Kier alpha value is -2.49. The average molecular weight is 375 g/mol. The topological polar surface area (TPSA) is 108 Å². The predicted molar refractivity (Wildman–Crippen MR) is 86.7 cm³/mol. The van der Waals surface area contributed by atoms with Crippen molar-refractivity contribution in [3.63, 3.8) is 0 Å². The van der Waals surface area contributed by atoms with Crippen LogP contribution in [-0.4, -0.2) is 31.4 Å². The SMILES string of the molecule is CCn1cc(NC(=O)[C@@H](C)n2nc(C(F)F)c(Cl)c2C)c(C(N)=O)n1. The number of nitrogens with one attached hydrogen (secondary N) is 1. The molecule has 2 aromatic rings. The van der Waals surface area contributed by atoms with Crippen LogP contribution in [0.4, 0.5) is 14.5 Å². The van der Waals surface area contributed by atoms with E-state index in [4.69, 9.17) is 17.3 Å². The minimum Gasteiger partial charge on any atom is -0.364 e. The van der Waals surface area contributed by atoms with Gasteiger partial charge in [0.1, 0.15) is 11.7 Å². The fourth-order valence-corrected chi connectivity index (χ4v) is 2.45. The molecule has 8 nitrogen and oxygen atoms in total. The van der Waals surface area contributed by atoms with E-state index < -0.39 is 30.0 Å². The first-order valence-corrected chi connectivity index (χ1v) is 7.75. The van der Waals surface area contributed by atoms with Gasteiger partial charge in [0.05, 0.1) is 16.4 Å². The lowest BCUT2D eigenvalue weighted by atomic mass is 10.2. The zero-order chi connectivity index (χ0) is 18.9. The summed E-state index contributed by atoms with van der Waals surface area (Å²) in [5, 5.41) is 10.00. The smallest absolute Gasteiger partial charge is 0.283 e. The van der Waals surface area contributed by atoms with Gasteiger partial charge < -0.3 is 11.1 Å². The normalized spacial score (nSPS) is 12.4. The number of aryl methyl sites for hydroxylation is 1. The Kier molecular flexibility index (Phi) is 5.41. The number of aromatic nitrogens is 4. The van der Waals surface area contributed by atoms with Gasteiger partial charge >= 0.3 is 0 Å². The van der Waals surface area contributed by atoms with Gasteiger partial charge in [-0.15, -0.1) is 0 Å². The van der Waals surface area contributed by atoms with Crippen LogP contribution in [0.25, 0.3) is 0 Å². The van der Waals surface area contributed by atoms with E-state index in [1.54, 1.807) is 6.92 Å². The second-order valence-corrected chi connectivity index (χ2v) is 5.68. The van der Waals surface area contributed by atoms with Gasteiger partial charge in [0, 0.05) is 12.7 Å². The molecule has 2 amide bonds. The summed E-state index contributed by atoms with van der Waals surface area (Å²) < 4.78 is 28.3. The molecule has 1 atom stereocenters. The van der Waals surface area contributed by atoms with Crippen LogP contribution >= 0.6 is 11.6 Å². The Bertz CT molecular complexity index is 817. The highest BCUT2D eigenvalue weighted by atomic mass is 35.5. The minimum atomic E-state index is -2.85. The number of primary amides is 1. The molecule has 3 N–H and O–H groups in total. The number of hydrogen-bond acceptors (Lipinski definition) is 4. The van der Waals surface area contributed by atoms with Crippen molar-refractivity contribution in [2.75, 3.05) is 5.32 Å². The van der Waals surface area contributed by atoms with Crippen molar-refractivity contribution in [3.05, 3.63) is 28.3 Å². The molecule has 0 spiro atoms. The number of nitrogens with two attached hydrogens (primary N) is 1. The van der Waals surface area contributed by atoms with Gasteiger partial charge in [-0.05, 0) is 20.8 Å². The summed E-state index contributed by atoms with van der Waals surface area (Å²) >= 11 is 5.84. The van der Waals surface area contributed by atoms with Crippen LogP contribution in [-0.2, 0) is 11.3 Å². The fourth-order valence-electron chi connectivity index (χ4n) is 2.24. The molecule has 0 aliphatic heterocycles. The summed E-state index contributed by atoms with van der Waals surface area (Å²) in [6, 6.07) is -0.948. The molecule has 2 aromatic heterocycles. The molecular formula is C14H17ClF2N6O2. The zero-order valence-electron chi connectivity index (χ0n) is 13.8. The molecule has 0 unspecified atom stereocenters. The first-order chi connectivity index (χ1) is 11.7. The van der Waals surface area contributed by atoms with E-state index in [1.807, 2.05) is 0 Å². The van der Waals surface area contributed by atoms with Crippen LogP contribution in [0.15, 0.2) is 6.20 Å². The van der Waals surface area contributed by atoms with Crippen LogP contribution in [0.5, 0.6) is 0 Å². The Balaban J connectivity index is 2.29. The van der Waals surface area contributed by atoms with E-state index in [0.717, 1.165) is 4.68 Å². The maximum atomic E-state index is 12.9. The summed E-state index contributed by atoms with van der Waals surface area (Å²) in [5.74, 6) is -1.38. The molecule has 0 bridgehead atoms. The van der Waals surface area contributed by atoms with E-state index in [1.165, 1.54) is 24.7 Å². The van der Waals surface area contributed by atoms with Crippen molar-refractivity contribution in [1.29, 1.82) is 0 Å². The Morgan fingerprint density at radius 3 is 2.52 bits per heavy atom.